The van der Waals surface area contributed by atoms with Crippen molar-refractivity contribution in [2.45, 2.75) is 17.6 Å². The van der Waals surface area contributed by atoms with Crippen molar-refractivity contribution in [3.05, 3.63) is 51.5 Å². The minimum atomic E-state index is 0.459. The average Bonchev–Trinajstić information content (AvgIpc) is 2.32. The van der Waals surface area contributed by atoms with E-state index in [0.29, 0.717) is 5.15 Å². The van der Waals surface area contributed by atoms with E-state index in [1.165, 1.54) is 10.5 Å². The molecular weight excluding hydrogens is 320 g/mol. The van der Waals surface area contributed by atoms with E-state index in [2.05, 4.69) is 45.0 Å². The number of halogens is 2. The molecule has 0 unspecified atom stereocenters. The first-order valence-electron chi connectivity index (χ1n) is 5.02. The van der Waals surface area contributed by atoms with E-state index in [9.17, 15) is 0 Å². The van der Waals surface area contributed by atoms with Gasteiger partial charge < -0.3 is 0 Å². The fourth-order valence-electron chi connectivity index (χ4n) is 1.31. The summed E-state index contributed by atoms with van der Waals surface area (Å²) in [5, 5.41) is 0.459. The van der Waals surface area contributed by atoms with Gasteiger partial charge in [0.25, 0.3) is 0 Å². The molecule has 0 atom stereocenters. The molecule has 5 heteroatoms. The van der Waals surface area contributed by atoms with Crippen LogP contribution in [0.4, 0.5) is 0 Å². The minimum absolute atomic E-state index is 0.459. The van der Waals surface area contributed by atoms with Gasteiger partial charge in [-0.05, 0) is 34.5 Å². The van der Waals surface area contributed by atoms with E-state index in [1.807, 2.05) is 12.1 Å². The predicted molar refractivity (Wildman–Crippen MR) is 75.5 cm³/mol. The fraction of sp³-hybridized carbons (Fsp3) is 0.167. The van der Waals surface area contributed by atoms with Crippen LogP contribution in [0.1, 0.15) is 11.4 Å². The van der Waals surface area contributed by atoms with Crippen molar-refractivity contribution in [2.75, 3.05) is 0 Å². The predicted octanol–water partition coefficient (Wildman–Crippen LogP) is 4.49. The Labute approximate surface area is 118 Å². The van der Waals surface area contributed by atoms with Crippen molar-refractivity contribution in [1.29, 1.82) is 0 Å². The van der Waals surface area contributed by atoms with Gasteiger partial charge in [-0.2, -0.15) is 0 Å². The molecule has 1 heterocycles. The zero-order chi connectivity index (χ0) is 12.3. The van der Waals surface area contributed by atoms with Gasteiger partial charge in [0, 0.05) is 11.1 Å². The molecule has 0 radical (unpaired) electrons. The van der Waals surface area contributed by atoms with Gasteiger partial charge >= 0.3 is 0 Å². The number of benzene rings is 1. The number of aryl methyl sites for hydroxylation is 1. The Morgan fingerprint density at radius 3 is 2.82 bits per heavy atom. The van der Waals surface area contributed by atoms with E-state index in [-0.39, 0.29) is 0 Å². The van der Waals surface area contributed by atoms with Gasteiger partial charge in [0.2, 0.25) is 0 Å². The van der Waals surface area contributed by atoms with Crippen LogP contribution in [0.15, 0.2) is 39.8 Å². The molecule has 88 valence electrons. The highest BCUT2D eigenvalue weighted by Crippen LogP contribution is 2.26. The van der Waals surface area contributed by atoms with Gasteiger partial charge in [-0.25, -0.2) is 9.97 Å². The molecule has 0 aliphatic heterocycles. The van der Waals surface area contributed by atoms with Gasteiger partial charge in [-0.15, -0.1) is 11.8 Å². The number of nitrogens with zero attached hydrogens (tertiary/aromatic N) is 2. The summed E-state index contributed by atoms with van der Waals surface area (Å²) in [7, 11) is 0. The van der Waals surface area contributed by atoms with Crippen LogP contribution < -0.4 is 0 Å². The van der Waals surface area contributed by atoms with Crippen LogP contribution in [0.2, 0.25) is 5.15 Å². The summed E-state index contributed by atoms with van der Waals surface area (Å²) in [5.74, 6) is 1.46. The van der Waals surface area contributed by atoms with Gasteiger partial charge in [-0.3, -0.25) is 0 Å². The topological polar surface area (TPSA) is 25.8 Å². The number of hydrogen-bond acceptors (Lipinski definition) is 3. The van der Waals surface area contributed by atoms with E-state index in [0.717, 1.165) is 16.0 Å². The maximum absolute atomic E-state index is 5.92. The Hall–Kier alpha value is -0.580. The highest BCUT2D eigenvalue weighted by molar-refractivity contribution is 9.10. The standard InChI is InChI=1S/C12H10BrClN2S/c1-8-4-2-3-5-10(8)17-7-11-15-6-9(13)12(14)16-11/h2-6H,7H2,1H3. The summed E-state index contributed by atoms with van der Waals surface area (Å²) < 4.78 is 0.726. The maximum Gasteiger partial charge on any atom is 0.146 e. The van der Waals surface area contributed by atoms with Crippen molar-refractivity contribution in [3.8, 4) is 0 Å². The summed E-state index contributed by atoms with van der Waals surface area (Å²) in [4.78, 5) is 9.67. The SMILES string of the molecule is Cc1ccccc1SCc1ncc(Br)c(Cl)n1. The summed E-state index contributed by atoms with van der Waals surface area (Å²) >= 11 is 10.9. The van der Waals surface area contributed by atoms with Crippen LogP contribution in [0.3, 0.4) is 0 Å². The minimum Gasteiger partial charge on any atom is -0.239 e. The number of thioether (sulfide) groups is 1. The Morgan fingerprint density at radius 2 is 2.12 bits per heavy atom. The largest absolute Gasteiger partial charge is 0.239 e. The Morgan fingerprint density at radius 1 is 1.35 bits per heavy atom. The molecule has 0 N–H and O–H groups in total. The van der Waals surface area contributed by atoms with Crippen LogP contribution in [0.25, 0.3) is 0 Å². The second-order valence-corrected chi connectivity index (χ2v) is 5.71. The Kier molecular flexibility index (Phi) is 4.42. The summed E-state index contributed by atoms with van der Waals surface area (Å²) in [6.07, 6.45) is 1.68. The molecule has 2 aromatic rings. The van der Waals surface area contributed by atoms with Crippen molar-refractivity contribution >= 4 is 39.3 Å². The first kappa shape index (κ1) is 12.9. The third-order valence-corrected chi connectivity index (χ3v) is 4.47. The quantitative estimate of drug-likeness (QED) is 0.613. The number of hydrogen-bond donors (Lipinski definition) is 0. The lowest BCUT2D eigenvalue weighted by Crippen LogP contribution is -1.93. The van der Waals surface area contributed by atoms with Gasteiger partial charge in [0.1, 0.15) is 11.0 Å². The van der Waals surface area contributed by atoms with Crippen LogP contribution in [-0.2, 0) is 5.75 Å². The molecule has 0 amide bonds. The fourth-order valence-corrected chi connectivity index (χ4v) is 2.54. The molecule has 0 aliphatic carbocycles. The van der Waals surface area contributed by atoms with E-state index in [1.54, 1.807) is 18.0 Å². The van der Waals surface area contributed by atoms with Crippen molar-refractivity contribution in [2.24, 2.45) is 0 Å². The smallest absolute Gasteiger partial charge is 0.146 e. The van der Waals surface area contributed by atoms with Crippen molar-refractivity contribution in [3.63, 3.8) is 0 Å². The van der Waals surface area contributed by atoms with Crippen LogP contribution in [0.5, 0.6) is 0 Å². The van der Waals surface area contributed by atoms with Gasteiger partial charge in [0.05, 0.1) is 10.2 Å². The molecule has 0 bridgehead atoms. The monoisotopic (exact) mass is 328 g/mol. The van der Waals surface area contributed by atoms with Gasteiger partial charge in [-0.1, -0.05) is 29.8 Å². The highest BCUT2D eigenvalue weighted by Gasteiger charge is 2.04. The molecule has 1 aromatic carbocycles. The van der Waals surface area contributed by atoms with Crippen LogP contribution >= 0.6 is 39.3 Å². The zero-order valence-electron chi connectivity index (χ0n) is 9.15. The first-order chi connectivity index (χ1) is 8.16. The lowest BCUT2D eigenvalue weighted by Gasteiger charge is -2.04. The molecule has 0 saturated heterocycles. The van der Waals surface area contributed by atoms with Crippen molar-refractivity contribution < 1.29 is 0 Å². The Balaban J connectivity index is 2.08. The number of aromatic nitrogens is 2. The maximum atomic E-state index is 5.92. The molecule has 0 aliphatic rings. The van der Waals surface area contributed by atoms with Crippen molar-refractivity contribution in [1.82, 2.24) is 9.97 Å². The lowest BCUT2D eigenvalue weighted by atomic mass is 10.2. The number of rotatable bonds is 3. The van der Waals surface area contributed by atoms with Crippen LogP contribution in [-0.4, -0.2) is 9.97 Å². The second kappa shape index (κ2) is 5.85. The normalized spacial score (nSPS) is 10.5. The summed E-state index contributed by atoms with van der Waals surface area (Å²) in [6, 6.07) is 8.26. The molecule has 17 heavy (non-hydrogen) atoms. The molecule has 1 aromatic heterocycles. The molecule has 2 rings (SSSR count). The summed E-state index contributed by atoms with van der Waals surface area (Å²) in [5.41, 5.74) is 1.26. The van der Waals surface area contributed by atoms with Gasteiger partial charge in [0.15, 0.2) is 0 Å². The second-order valence-electron chi connectivity index (χ2n) is 3.48. The van der Waals surface area contributed by atoms with E-state index in [4.69, 9.17) is 11.6 Å². The molecule has 0 saturated carbocycles. The summed E-state index contributed by atoms with van der Waals surface area (Å²) in [6.45, 7) is 2.09. The first-order valence-corrected chi connectivity index (χ1v) is 7.18. The van der Waals surface area contributed by atoms with Crippen LogP contribution in [0, 0.1) is 6.92 Å². The highest BCUT2D eigenvalue weighted by atomic mass is 79.9. The molecular formula is C12H10BrClN2S. The lowest BCUT2D eigenvalue weighted by molar-refractivity contribution is 1.02. The Bertz CT molecular complexity index is 534. The average molecular weight is 330 g/mol. The molecule has 0 spiro atoms. The van der Waals surface area contributed by atoms with E-state index < -0.39 is 0 Å². The third-order valence-electron chi connectivity index (χ3n) is 2.20. The van der Waals surface area contributed by atoms with E-state index >= 15 is 0 Å². The molecule has 0 fully saturated rings. The zero-order valence-corrected chi connectivity index (χ0v) is 12.3. The third kappa shape index (κ3) is 3.44. The molecule has 2 nitrogen and oxygen atoms in total.